The zero-order chi connectivity index (χ0) is 24.4. The quantitative estimate of drug-likeness (QED) is 0.534. The molecule has 2 saturated heterocycles. The summed E-state index contributed by atoms with van der Waals surface area (Å²) in [6.45, 7) is 1.71. The van der Waals surface area contributed by atoms with Crippen molar-refractivity contribution in [2.24, 2.45) is 5.92 Å². The molecule has 8 nitrogen and oxygen atoms in total. The van der Waals surface area contributed by atoms with Crippen LogP contribution in [0.2, 0.25) is 5.02 Å². The van der Waals surface area contributed by atoms with Crippen LogP contribution in [0.1, 0.15) is 43.6 Å². The van der Waals surface area contributed by atoms with Crippen molar-refractivity contribution < 1.29 is 14.2 Å². The SMILES string of the molecule is OC1COC[C@H]1N1CCC(c2cc3nc(Nc4cnn(C56CCC(C5)C6)c4)ncc3cc2Cl)[C@@H](F)C1. The summed E-state index contributed by atoms with van der Waals surface area (Å²) in [7, 11) is 0. The van der Waals surface area contributed by atoms with E-state index >= 15 is 4.39 Å². The lowest BCUT2D eigenvalue weighted by molar-refractivity contribution is 0.0353. The number of fused-ring (bicyclic) bond motifs is 2. The monoisotopic (exact) mass is 512 g/mol. The summed E-state index contributed by atoms with van der Waals surface area (Å²) in [5.74, 6) is 1.03. The van der Waals surface area contributed by atoms with E-state index in [-0.39, 0.29) is 24.0 Å². The van der Waals surface area contributed by atoms with Gasteiger partial charge in [0, 0.05) is 35.3 Å². The van der Waals surface area contributed by atoms with Gasteiger partial charge in [-0.15, -0.1) is 0 Å². The number of anilines is 2. The molecule has 3 aliphatic carbocycles. The molecule has 10 heteroatoms. The number of alkyl halides is 1. The Morgan fingerprint density at radius 2 is 2.08 bits per heavy atom. The summed E-state index contributed by atoms with van der Waals surface area (Å²) in [5.41, 5.74) is 2.58. The molecule has 3 saturated carbocycles. The molecule has 4 heterocycles. The molecule has 0 amide bonds. The van der Waals surface area contributed by atoms with E-state index in [1.165, 1.54) is 25.7 Å². The van der Waals surface area contributed by atoms with E-state index < -0.39 is 12.3 Å². The van der Waals surface area contributed by atoms with Crippen molar-refractivity contribution in [3.8, 4) is 0 Å². The molecule has 1 aromatic carbocycles. The lowest BCUT2D eigenvalue weighted by atomic mass is 9.77. The molecule has 5 fully saturated rings. The molecule has 2 aliphatic heterocycles. The van der Waals surface area contributed by atoms with E-state index in [0.717, 1.165) is 28.1 Å². The van der Waals surface area contributed by atoms with Gasteiger partial charge in [-0.25, -0.2) is 14.4 Å². The Morgan fingerprint density at radius 3 is 2.83 bits per heavy atom. The fraction of sp³-hybridized carbons (Fsp3) is 0.577. The molecule has 2 N–H and O–H groups in total. The Labute approximate surface area is 213 Å². The molecule has 8 rings (SSSR count). The minimum absolute atomic E-state index is 0.138. The Bertz CT molecular complexity index is 1290. The van der Waals surface area contributed by atoms with E-state index in [2.05, 4.69) is 26.3 Å². The number of halogens is 2. The van der Waals surface area contributed by atoms with Crippen molar-refractivity contribution in [2.45, 2.75) is 61.9 Å². The third-order valence-corrected chi connectivity index (χ3v) is 9.17. The predicted octanol–water partition coefficient (Wildman–Crippen LogP) is 4.01. The number of rotatable bonds is 5. The predicted molar refractivity (Wildman–Crippen MR) is 134 cm³/mol. The first-order chi connectivity index (χ1) is 17.5. The normalized spacial score (nSPS) is 34.2. The van der Waals surface area contributed by atoms with Crippen LogP contribution in [-0.2, 0) is 10.3 Å². The zero-order valence-electron chi connectivity index (χ0n) is 20.0. The summed E-state index contributed by atoms with van der Waals surface area (Å²) in [6.07, 6.45) is 9.56. The number of hydrogen-bond donors (Lipinski definition) is 2. The van der Waals surface area contributed by atoms with Crippen molar-refractivity contribution in [3.63, 3.8) is 0 Å². The van der Waals surface area contributed by atoms with Gasteiger partial charge in [0.2, 0.25) is 5.95 Å². The van der Waals surface area contributed by atoms with Crippen molar-refractivity contribution in [2.75, 3.05) is 31.6 Å². The topological polar surface area (TPSA) is 88.3 Å². The van der Waals surface area contributed by atoms with Gasteiger partial charge in [-0.1, -0.05) is 11.6 Å². The molecule has 190 valence electrons. The molecule has 2 aromatic heterocycles. The highest BCUT2D eigenvalue weighted by Gasteiger charge is 2.52. The number of benzene rings is 1. The first kappa shape index (κ1) is 22.8. The van der Waals surface area contributed by atoms with Crippen molar-refractivity contribution in [3.05, 3.63) is 41.3 Å². The van der Waals surface area contributed by atoms with E-state index in [1.54, 1.807) is 6.20 Å². The minimum atomic E-state index is -1.09. The van der Waals surface area contributed by atoms with E-state index in [0.29, 0.717) is 37.2 Å². The van der Waals surface area contributed by atoms with Crippen LogP contribution >= 0.6 is 11.6 Å². The van der Waals surface area contributed by atoms with E-state index in [9.17, 15) is 5.11 Å². The summed E-state index contributed by atoms with van der Waals surface area (Å²) in [6, 6.07) is 3.59. The molecule has 3 aromatic rings. The average Bonchev–Trinajstić information content (AvgIpc) is 3.63. The Morgan fingerprint density at radius 1 is 1.19 bits per heavy atom. The molecule has 4 atom stereocenters. The number of aliphatic hydroxyl groups excluding tert-OH is 1. The molecule has 0 spiro atoms. The fourth-order valence-corrected chi connectivity index (χ4v) is 7.16. The van der Waals surface area contributed by atoms with Crippen LogP contribution in [0, 0.1) is 5.92 Å². The average molecular weight is 513 g/mol. The number of aliphatic hydroxyl groups is 1. The first-order valence-corrected chi connectivity index (χ1v) is 13.3. The van der Waals surface area contributed by atoms with Gasteiger partial charge < -0.3 is 15.2 Å². The second-order valence-electron chi connectivity index (χ2n) is 11.0. The van der Waals surface area contributed by atoms with Gasteiger partial charge in [-0.05, 0) is 62.3 Å². The zero-order valence-corrected chi connectivity index (χ0v) is 20.7. The van der Waals surface area contributed by atoms with E-state index in [1.807, 2.05) is 23.2 Å². The Hall–Kier alpha value is -2.33. The molecule has 5 aliphatic rings. The number of ether oxygens (including phenoxy) is 1. The standard InChI is InChI=1S/C26H30ClFN6O2/c27-20-5-16-9-29-25(31-17-10-30-34(11-17)26-3-1-15(7-26)8-26)32-22(16)6-19(20)18-2-4-33(12-21(18)28)23-13-36-14-24(23)35/h5-6,9-11,15,18,21,23-24,35H,1-4,7-8,12-14H2,(H,29,31,32)/t15?,18?,21-,23+,24?,26?/m0/s1. The number of hydrogen-bond acceptors (Lipinski definition) is 7. The van der Waals surface area contributed by atoms with Crippen molar-refractivity contribution >= 4 is 34.1 Å². The van der Waals surface area contributed by atoms with Gasteiger partial charge in [0.05, 0.1) is 48.3 Å². The maximum Gasteiger partial charge on any atom is 0.227 e. The second-order valence-corrected chi connectivity index (χ2v) is 11.4. The van der Waals surface area contributed by atoms with Crippen LogP contribution in [0.15, 0.2) is 30.7 Å². The van der Waals surface area contributed by atoms with Crippen LogP contribution < -0.4 is 5.32 Å². The van der Waals surface area contributed by atoms with Crippen LogP contribution in [-0.4, -0.2) is 74.4 Å². The van der Waals surface area contributed by atoms with Gasteiger partial charge in [-0.2, -0.15) is 5.10 Å². The van der Waals surface area contributed by atoms with Crippen LogP contribution in [0.5, 0.6) is 0 Å². The van der Waals surface area contributed by atoms with Gasteiger partial charge >= 0.3 is 0 Å². The number of piperidine rings is 1. The molecule has 2 unspecified atom stereocenters. The summed E-state index contributed by atoms with van der Waals surface area (Å²) >= 11 is 6.62. The highest BCUT2D eigenvalue weighted by molar-refractivity contribution is 6.32. The highest BCUT2D eigenvalue weighted by atomic mass is 35.5. The summed E-state index contributed by atoms with van der Waals surface area (Å²) in [4.78, 5) is 11.2. The first-order valence-electron chi connectivity index (χ1n) is 12.9. The lowest BCUT2D eigenvalue weighted by Crippen LogP contribution is -2.50. The number of likely N-dealkylation sites (tertiary alicyclic amines) is 1. The lowest BCUT2D eigenvalue weighted by Gasteiger charge is -2.39. The summed E-state index contributed by atoms with van der Waals surface area (Å²) < 4.78 is 22.9. The molecular formula is C26H30ClFN6O2. The molecule has 2 bridgehead atoms. The van der Waals surface area contributed by atoms with E-state index in [4.69, 9.17) is 21.3 Å². The van der Waals surface area contributed by atoms with Crippen molar-refractivity contribution in [1.29, 1.82) is 0 Å². The summed E-state index contributed by atoms with van der Waals surface area (Å²) in [5, 5.41) is 19.4. The third-order valence-electron chi connectivity index (χ3n) is 8.84. The van der Waals surface area contributed by atoms with Crippen molar-refractivity contribution in [1.82, 2.24) is 24.6 Å². The number of nitrogens with zero attached hydrogens (tertiary/aromatic N) is 5. The van der Waals surface area contributed by atoms with Crippen LogP contribution in [0.4, 0.5) is 16.0 Å². The molecule has 36 heavy (non-hydrogen) atoms. The number of nitrogens with one attached hydrogen (secondary N) is 1. The number of aromatic nitrogens is 4. The van der Waals surface area contributed by atoms with Crippen LogP contribution in [0.3, 0.4) is 0 Å². The van der Waals surface area contributed by atoms with Gasteiger partial charge in [0.15, 0.2) is 0 Å². The van der Waals surface area contributed by atoms with Gasteiger partial charge in [0.25, 0.3) is 0 Å². The smallest absolute Gasteiger partial charge is 0.227 e. The molecular weight excluding hydrogens is 483 g/mol. The Kier molecular flexibility index (Phi) is 5.47. The van der Waals surface area contributed by atoms with Crippen LogP contribution in [0.25, 0.3) is 10.9 Å². The van der Waals surface area contributed by atoms with Gasteiger partial charge in [-0.3, -0.25) is 9.58 Å². The minimum Gasteiger partial charge on any atom is -0.389 e. The Balaban J connectivity index is 1.10. The maximum atomic E-state index is 15.4. The second kappa shape index (κ2) is 8.62. The maximum absolute atomic E-state index is 15.4. The van der Waals surface area contributed by atoms with Gasteiger partial charge in [0.1, 0.15) is 6.17 Å². The third kappa shape index (κ3) is 3.79. The largest absolute Gasteiger partial charge is 0.389 e. The molecule has 0 radical (unpaired) electrons. The fourth-order valence-electron chi connectivity index (χ4n) is 6.85. The highest BCUT2D eigenvalue weighted by Crippen LogP contribution is 2.56.